The van der Waals surface area contributed by atoms with Crippen LogP contribution in [0.4, 0.5) is 0 Å². The van der Waals surface area contributed by atoms with Crippen LogP contribution in [0, 0.1) is 0 Å². The molecule has 0 fully saturated rings. The fourth-order valence-electron chi connectivity index (χ4n) is 3.08. The molecule has 2 aromatic carbocycles. The van der Waals surface area contributed by atoms with Gasteiger partial charge in [0.05, 0.1) is 21.9 Å². The summed E-state index contributed by atoms with van der Waals surface area (Å²) in [6.07, 6.45) is 0. The van der Waals surface area contributed by atoms with E-state index < -0.39 is 23.9 Å². The van der Waals surface area contributed by atoms with Gasteiger partial charge in [-0.15, -0.1) is 0 Å². The summed E-state index contributed by atoms with van der Waals surface area (Å²) >= 11 is 12.0. The van der Waals surface area contributed by atoms with E-state index >= 15 is 0 Å². The molecule has 0 heterocycles. The highest BCUT2D eigenvalue weighted by molar-refractivity contribution is 6.32. The predicted octanol–water partition coefficient (Wildman–Crippen LogP) is 3.54. The van der Waals surface area contributed by atoms with Crippen molar-refractivity contribution in [2.24, 2.45) is 11.5 Å². The molecule has 140 valence electrons. The highest BCUT2D eigenvalue weighted by Gasteiger charge is 2.34. The van der Waals surface area contributed by atoms with Crippen LogP contribution in [0.25, 0.3) is 0 Å². The van der Waals surface area contributed by atoms with E-state index in [1.807, 2.05) is 0 Å². The van der Waals surface area contributed by atoms with Gasteiger partial charge in [-0.25, -0.2) is 0 Å². The van der Waals surface area contributed by atoms with Crippen molar-refractivity contribution in [1.29, 1.82) is 0 Å². The van der Waals surface area contributed by atoms with Crippen molar-refractivity contribution in [3.05, 3.63) is 57.6 Å². The molecule has 26 heavy (non-hydrogen) atoms. The van der Waals surface area contributed by atoms with Crippen molar-refractivity contribution in [3.8, 4) is 11.5 Å². The van der Waals surface area contributed by atoms with E-state index in [1.165, 1.54) is 24.3 Å². The van der Waals surface area contributed by atoms with Gasteiger partial charge in [-0.05, 0) is 49.2 Å². The van der Waals surface area contributed by atoms with E-state index in [4.69, 9.17) is 34.7 Å². The summed E-state index contributed by atoms with van der Waals surface area (Å²) in [6.45, 7) is 3.46. The first-order valence-electron chi connectivity index (χ1n) is 8.15. The molecule has 0 aliphatic heterocycles. The van der Waals surface area contributed by atoms with Gasteiger partial charge in [0.15, 0.2) is 5.78 Å². The van der Waals surface area contributed by atoms with Crippen molar-refractivity contribution >= 4 is 29.0 Å². The van der Waals surface area contributed by atoms with Crippen molar-refractivity contribution < 1.29 is 15.0 Å². The molecule has 7 heteroatoms. The number of ketones is 1. The molecule has 6 N–H and O–H groups in total. The molecule has 0 saturated heterocycles. The second-order valence-electron chi connectivity index (χ2n) is 6.50. The fourth-order valence-corrected chi connectivity index (χ4v) is 3.46. The third-order valence-corrected chi connectivity index (χ3v) is 4.93. The van der Waals surface area contributed by atoms with Crippen LogP contribution in [0.1, 0.15) is 36.8 Å². The number of phenols is 2. The largest absolute Gasteiger partial charge is 0.506 e. The predicted molar refractivity (Wildman–Crippen MR) is 104 cm³/mol. The minimum absolute atomic E-state index is 0.0691. The smallest absolute Gasteiger partial charge is 0.150 e. The molecule has 0 aliphatic rings. The highest BCUT2D eigenvalue weighted by Crippen LogP contribution is 2.35. The van der Waals surface area contributed by atoms with Gasteiger partial charge in [0.2, 0.25) is 0 Å². The zero-order valence-corrected chi connectivity index (χ0v) is 16.0. The number of Topliss-reactive ketones (excluding diaryl/α,β-unsaturated/α-hetero) is 1. The van der Waals surface area contributed by atoms with E-state index in [-0.39, 0.29) is 27.3 Å². The molecule has 5 nitrogen and oxygen atoms in total. The number of carbonyl (C=O) groups excluding carboxylic acids is 1. The number of aromatic hydroxyl groups is 2. The molecular formula is C19H22Cl2N2O3. The first-order chi connectivity index (χ1) is 12.1. The van der Waals surface area contributed by atoms with E-state index in [0.29, 0.717) is 11.1 Å². The average molecular weight is 397 g/mol. The zero-order valence-electron chi connectivity index (χ0n) is 14.5. The van der Waals surface area contributed by atoms with Gasteiger partial charge in [0, 0.05) is 12.1 Å². The summed E-state index contributed by atoms with van der Waals surface area (Å²) in [5.74, 6) is -1.66. The van der Waals surface area contributed by atoms with Gasteiger partial charge >= 0.3 is 0 Å². The Balaban J connectivity index is 2.49. The minimum Gasteiger partial charge on any atom is -0.506 e. The molecule has 2 rings (SSSR count). The summed E-state index contributed by atoms with van der Waals surface area (Å²) in [6, 6.07) is 8.16. The SMILES string of the molecule is CC(N)C(C(=O)C(c1ccc(O)c(Cl)c1)C(C)N)c1ccc(O)c(Cl)c1. The van der Waals surface area contributed by atoms with Crippen molar-refractivity contribution in [3.63, 3.8) is 0 Å². The molecule has 4 atom stereocenters. The number of halogens is 2. The number of benzene rings is 2. The average Bonchev–Trinajstić information content (AvgIpc) is 2.54. The monoisotopic (exact) mass is 396 g/mol. The van der Waals surface area contributed by atoms with Crippen molar-refractivity contribution in [2.75, 3.05) is 0 Å². The third-order valence-electron chi connectivity index (χ3n) is 4.33. The maximum atomic E-state index is 13.3. The lowest BCUT2D eigenvalue weighted by molar-refractivity contribution is -0.122. The lowest BCUT2D eigenvalue weighted by Gasteiger charge is -2.28. The quantitative estimate of drug-likeness (QED) is 0.596. The number of phenolic OH excluding ortho intramolecular Hbond substituents is 2. The Hall–Kier alpha value is -1.79. The molecule has 2 aromatic rings. The molecule has 0 aliphatic carbocycles. The lowest BCUT2D eigenvalue weighted by Crippen LogP contribution is -2.39. The van der Waals surface area contributed by atoms with E-state index in [9.17, 15) is 15.0 Å². The normalized spacial score (nSPS) is 15.9. The Bertz CT molecular complexity index is 744. The van der Waals surface area contributed by atoms with Crippen molar-refractivity contribution in [2.45, 2.75) is 37.8 Å². The first-order valence-corrected chi connectivity index (χ1v) is 8.90. The molecular weight excluding hydrogens is 375 g/mol. The maximum Gasteiger partial charge on any atom is 0.150 e. The molecule has 0 amide bonds. The fraction of sp³-hybridized carbons (Fsp3) is 0.316. The Morgan fingerprint density at radius 3 is 1.46 bits per heavy atom. The molecule has 0 radical (unpaired) electrons. The number of hydrogen-bond donors (Lipinski definition) is 4. The summed E-state index contributed by atoms with van der Waals surface area (Å²) < 4.78 is 0. The van der Waals surface area contributed by atoms with Gasteiger partial charge in [0.1, 0.15) is 11.5 Å². The Kier molecular flexibility index (Phi) is 6.53. The number of nitrogens with two attached hydrogens (primary N) is 2. The van der Waals surface area contributed by atoms with Gasteiger partial charge in [-0.2, -0.15) is 0 Å². The Labute approximate surface area is 162 Å². The summed E-state index contributed by atoms with van der Waals surface area (Å²) in [7, 11) is 0. The van der Waals surface area contributed by atoms with Gasteiger partial charge in [-0.1, -0.05) is 35.3 Å². The molecule has 0 spiro atoms. The van der Waals surface area contributed by atoms with Crippen LogP contribution in [-0.2, 0) is 4.79 Å². The van der Waals surface area contributed by atoms with Crippen molar-refractivity contribution in [1.82, 2.24) is 0 Å². The Morgan fingerprint density at radius 1 is 0.846 bits per heavy atom. The zero-order chi connectivity index (χ0) is 19.6. The third kappa shape index (κ3) is 4.30. The second kappa shape index (κ2) is 8.27. The van der Waals surface area contributed by atoms with E-state index in [0.717, 1.165) is 0 Å². The van der Waals surface area contributed by atoms with Crippen LogP contribution in [0.3, 0.4) is 0 Å². The second-order valence-corrected chi connectivity index (χ2v) is 7.31. The summed E-state index contributed by atoms with van der Waals surface area (Å²) in [5, 5.41) is 19.5. The van der Waals surface area contributed by atoms with Crippen LogP contribution in [0.2, 0.25) is 10.0 Å². The number of rotatable bonds is 6. The lowest BCUT2D eigenvalue weighted by atomic mass is 9.78. The molecule has 0 saturated carbocycles. The van der Waals surface area contributed by atoms with Crippen LogP contribution >= 0.6 is 23.2 Å². The Morgan fingerprint density at radius 2 is 1.19 bits per heavy atom. The van der Waals surface area contributed by atoms with E-state index in [2.05, 4.69) is 0 Å². The summed E-state index contributed by atoms with van der Waals surface area (Å²) in [4.78, 5) is 13.3. The van der Waals surface area contributed by atoms with Gasteiger partial charge < -0.3 is 21.7 Å². The molecule has 0 bridgehead atoms. The summed E-state index contributed by atoms with van der Waals surface area (Å²) in [5.41, 5.74) is 13.4. The number of hydrogen-bond acceptors (Lipinski definition) is 5. The van der Waals surface area contributed by atoms with Gasteiger partial charge in [-0.3, -0.25) is 4.79 Å². The first kappa shape index (κ1) is 20.5. The van der Waals surface area contributed by atoms with Crippen LogP contribution in [0.5, 0.6) is 11.5 Å². The van der Waals surface area contributed by atoms with E-state index in [1.54, 1.807) is 26.0 Å². The molecule has 4 unspecified atom stereocenters. The topological polar surface area (TPSA) is 110 Å². The minimum atomic E-state index is -0.670. The van der Waals surface area contributed by atoms with Crippen LogP contribution < -0.4 is 11.5 Å². The maximum absolute atomic E-state index is 13.3. The molecule has 0 aromatic heterocycles. The number of carbonyl (C=O) groups is 1. The van der Waals surface area contributed by atoms with Crippen LogP contribution in [-0.4, -0.2) is 28.1 Å². The van der Waals surface area contributed by atoms with Gasteiger partial charge in [0.25, 0.3) is 0 Å². The highest BCUT2D eigenvalue weighted by atomic mass is 35.5. The standard InChI is InChI=1S/C19H22Cl2N2O3/c1-9(22)17(11-3-5-15(24)13(20)7-11)19(26)18(10(2)23)12-4-6-16(25)14(21)8-12/h3-10,17-18,24-25H,22-23H2,1-2H3. The van der Waals surface area contributed by atoms with Crippen LogP contribution in [0.15, 0.2) is 36.4 Å².